The van der Waals surface area contributed by atoms with E-state index in [1.807, 2.05) is 25.0 Å². The van der Waals surface area contributed by atoms with Crippen LogP contribution >= 0.6 is 57.8 Å². The van der Waals surface area contributed by atoms with Crippen molar-refractivity contribution in [2.75, 3.05) is 25.0 Å². The fourth-order valence-electron chi connectivity index (χ4n) is 0. The third-order valence-electron chi connectivity index (χ3n) is 0. The molecule has 0 saturated heterocycles. The molecule has 0 rings (SSSR count). The monoisotopic (exact) mass is 444 g/mol. The van der Waals surface area contributed by atoms with Crippen molar-refractivity contribution in [1.82, 2.24) is 0 Å². The van der Waals surface area contributed by atoms with Crippen molar-refractivity contribution < 1.29 is 15.2 Å². The van der Waals surface area contributed by atoms with Gasteiger partial charge in [-0.3, -0.25) is 0 Å². The molecule has 0 N–H and O–H groups in total. The van der Waals surface area contributed by atoms with E-state index < -0.39 is 15.2 Å². The molecule has 0 amide bonds. The fraction of sp³-hybridized carbons (Fsp3) is 1.00. The van der Waals surface area contributed by atoms with E-state index in [1.54, 1.807) is 23.5 Å². The van der Waals surface area contributed by atoms with Crippen LogP contribution in [0, 0.1) is 0 Å². The van der Waals surface area contributed by atoms with E-state index in [0.29, 0.717) is 0 Å². The zero-order valence-corrected chi connectivity index (χ0v) is 15.1. The van der Waals surface area contributed by atoms with E-state index in [9.17, 15) is 0 Å². The normalized spacial score (nSPS) is 8.73. The molecule has 0 unspecified atom stereocenters. The number of thioether (sulfide) groups is 2. The van der Waals surface area contributed by atoms with E-state index in [2.05, 4.69) is 0 Å². The Labute approximate surface area is 96.7 Å². The van der Waals surface area contributed by atoms with Crippen LogP contribution in [-0.4, -0.2) is 25.0 Å². The zero-order chi connectivity index (χ0) is 9.91. The maximum atomic E-state index is 5.05. The van der Waals surface area contributed by atoms with Crippen molar-refractivity contribution in [1.29, 1.82) is 0 Å². The van der Waals surface area contributed by atoms with Crippen LogP contribution < -0.4 is 0 Å². The molecule has 0 atom stereocenters. The van der Waals surface area contributed by atoms with Gasteiger partial charge in [-0.15, -0.1) is 0 Å². The van der Waals surface area contributed by atoms with Gasteiger partial charge in [0.2, 0.25) is 0 Å². The molecule has 0 heterocycles. The van der Waals surface area contributed by atoms with Crippen molar-refractivity contribution in [3.05, 3.63) is 0 Å². The second-order valence-corrected chi connectivity index (χ2v) is 34.0. The molecule has 7 heteroatoms. The summed E-state index contributed by atoms with van der Waals surface area (Å²) in [5.41, 5.74) is 0. The average molecular weight is 445 g/mol. The maximum absolute atomic E-state index is 5.05. The van der Waals surface area contributed by atoms with Crippen LogP contribution in [0.5, 0.6) is 0 Å². The number of halogens is 4. The van der Waals surface area contributed by atoms with Gasteiger partial charge in [0.25, 0.3) is 0 Å². The van der Waals surface area contributed by atoms with E-state index in [1.165, 1.54) is 0 Å². The second kappa shape index (κ2) is 15.2. The molecule has 0 radical (unpaired) electrons. The van der Waals surface area contributed by atoms with Gasteiger partial charge in [-0.1, -0.05) is 0 Å². The molecule has 0 nitrogen and oxygen atoms in total. The van der Waals surface area contributed by atoms with E-state index in [-0.39, 0.29) is 0 Å². The molecule has 0 aromatic heterocycles. The number of hydrogen-bond donors (Lipinski definition) is 0. The molecule has 0 aliphatic carbocycles. The standard InChI is InChI=1S/2C2H6S.4ClH.Hf/c2*1-3-2;;;;;/h2*1-2H3;4*1H;/q;;;;;;+4/p-4. The molecule has 0 bridgehead atoms. The number of hydrogen-bond acceptors (Lipinski definition) is 2. The Morgan fingerprint density at radius 3 is 0.727 bits per heavy atom. The Morgan fingerprint density at radius 1 is 0.727 bits per heavy atom. The fourth-order valence-corrected chi connectivity index (χ4v) is 0. The van der Waals surface area contributed by atoms with Crippen LogP contribution in [0.3, 0.4) is 0 Å². The summed E-state index contributed by atoms with van der Waals surface area (Å²) in [6.07, 6.45) is 8.17. The van der Waals surface area contributed by atoms with Gasteiger partial charge in [0, 0.05) is 0 Å². The first-order chi connectivity index (χ1) is 4.83. The van der Waals surface area contributed by atoms with Crippen LogP contribution in [0.25, 0.3) is 0 Å². The Hall–Kier alpha value is 2.73. The second-order valence-electron chi connectivity index (χ2n) is 1.25. The topological polar surface area (TPSA) is 0 Å². The van der Waals surface area contributed by atoms with Crippen LogP contribution in [0.2, 0.25) is 0 Å². The van der Waals surface area contributed by atoms with E-state index in [0.717, 1.165) is 0 Å². The van der Waals surface area contributed by atoms with Gasteiger partial charge in [-0.05, 0) is 25.0 Å². The summed E-state index contributed by atoms with van der Waals surface area (Å²) in [4.78, 5) is 0. The predicted molar refractivity (Wildman–Crippen MR) is 62.3 cm³/mol. The molecule has 0 aromatic rings. The summed E-state index contributed by atoms with van der Waals surface area (Å²) in [7, 11) is 20.2. The van der Waals surface area contributed by atoms with Crippen LogP contribution in [-0.2, 0) is 15.2 Å². The van der Waals surface area contributed by atoms with Crippen molar-refractivity contribution in [3.63, 3.8) is 0 Å². The van der Waals surface area contributed by atoms with Crippen molar-refractivity contribution >= 4 is 57.8 Å². The van der Waals surface area contributed by atoms with Gasteiger partial charge in [-0.25, -0.2) is 0 Å². The predicted octanol–water partition coefficient (Wildman–Crippen LogP) is 4.71. The molecule has 11 heavy (non-hydrogen) atoms. The van der Waals surface area contributed by atoms with Crippen LogP contribution in [0.4, 0.5) is 0 Å². The summed E-state index contributed by atoms with van der Waals surface area (Å²) < 4.78 is 0. The Morgan fingerprint density at radius 2 is 0.727 bits per heavy atom. The molecule has 0 aliphatic rings. The van der Waals surface area contributed by atoms with Crippen molar-refractivity contribution in [2.24, 2.45) is 0 Å². The zero-order valence-electron chi connectivity index (χ0n) is 6.83. The molecule has 0 aliphatic heterocycles. The van der Waals surface area contributed by atoms with E-state index in [4.69, 9.17) is 34.3 Å². The van der Waals surface area contributed by atoms with Gasteiger partial charge < -0.3 is 0 Å². The van der Waals surface area contributed by atoms with Gasteiger partial charge in [0.05, 0.1) is 0 Å². The summed E-state index contributed by atoms with van der Waals surface area (Å²) >= 11 is 0.111. The van der Waals surface area contributed by atoms with Crippen molar-refractivity contribution in [2.45, 2.75) is 0 Å². The summed E-state index contributed by atoms with van der Waals surface area (Å²) in [6.45, 7) is 0. The third kappa shape index (κ3) is 197. The first kappa shape index (κ1) is 19.3. The summed E-state index contributed by atoms with van der Waals surface area (Å²) in [5, 5.41) is 0. The molecular weight excluding hydrogens is 432 g/mol. The Balaban J connectivity index is -0.0000000933. The molecule has 0 spiro atoms. The molecule has 72 valence electrons. The quantitative estimate of drug-likeness (QED) is 0.496. The van der Waals surface area contributed by atoms with Crippen molar-refractivity contribution in [3.8, 4) is 0 Å². The van der Waals surface area contributed by atoms with Crippen LogP contribution in [0.15, 0.2) is 0 Å². The van der Waals surface area contributed by atoms with Crippen LogP contribution in [0.1, 0.15) is 0 Å². The first-order valence-electron chi connectivity index (χ1n) is 2.39. The molecule has 0 saturated carbocycles. The van der Waals surface area contributed by atoms with Gasteiger partial charge in [0.1, 0.15) is 0 Å². The molecule has 0 aromatic carbocycles. The minimum absolute atomic E-state index is 1.75. The Kier molecular flexibility index (Phi) is 26.7. The Bertz CT molecular complexity index is 50.5. The van der Waals surface area contributed by atoms with Gasteiger partial charge in [-0.2, -0.15) is 23.5 Å². The van der Waals surface area contributed by atoms with Gasteiger partial charge >= 0.3 is 49.5 Å². The average Bonchev–Trinajstić information content (AvgIpc) is 1.62. The van der Waals surface area contributed by atoms with E-state index >= 15 is 0 Å². The number of rotatable bonds is 0. The summed E-state index contributed by atoms with van der Waals surface area (Å²) in [6, 6.07) is 0. The molecule has 0 fully saturated rings. The minimum atomic E-state index is -3.39. The SMILES string of the molecule is CSC.CSC.[Cl][Hf]([Cl])([Cl])[Cl]. The first-order valence-corrected chi connectivity index (χ1v) is 23.5. The van der Waals surface area contributed by atoms with Gasteiger partial charge in [0.15, 0.2) is 0 Å². The summed E-state index contributed by atoms with van der Waals surface area (Å²) in [5.74, 6) is 0. The third-order valence-corrected chi connectivity index (χ3v) is 0. The molecular formula is C4H12Cl4HfS2.